The van der Waals surface area contributed by atoms with Crippen molar-refractivity contribution in [3.8, 4) is 11.4 Å². The largest absolute Gasteiger partial charge is 0.467 e. The summed E-state index contributed by atoms with van der Waals surface area (Å²) in [7, 11) is 0. The molecule has 0 saturated carbocycles. The molecule has 128 valence electrons. The van der Waals surface area contributed by atoms with Crippen LogP contribution >= 0.6 is 0 Å². The van der Waals surface area contributed by atoms with Crippen LogP contribution in [0, 0.1) is 0 Å². The van der Waals surface area contributed by atoms with Gasteiger partial charge in [0.25, 0.3) is 5.91 Å². The smallest absolute Gasteiger partial charge is 0.270 e. The van der Waals surface area contributed by atoms with Crippen LogP contribution in [0.3, 0.4) is 0 Å². The molecular formula is C19H20N4O2. The van der Waals surface area contributed by atoms with Gasteiger partial charge in [-0.25, -0.2) is 9.97 Å². The first-order valence-corrected chi connectivity index (χ1v) is 8.25. The summed E-state index contributed by atoms with van der Waals surface area (Å²) in [6.45, 7) is 3.10. The van der Waals surface area contributed by atoms with Crippen molar-refractivity contribution in [1.82, 2.24) is 15.3 Å². The van der Waals surface area contributed by atoms with E-state index < -0.39 is 0 Å². The highest BCUT2D eigenvalue weighted by molar-refractivity contribution is 5.93. The third-order valence-electron chi connectivity index (χ3n) is 3.55. The molecule has 3 rings (SSSR count). The molecule has 0 aliphatic carbocycles. The van der Waals surface area contributed by atoms with Crippen LogP contribution in [0.15, 0.2) is 59.2 Å². The third kappa shape index (κ3) is 4.44. The first-order chi connectivity index (χ1) is 12.3. The van der Waals surface area contributed by atoms with E-state index in [0.29, 0.717) is 30.4 Å². The Labute approximate surface area is 146 Å². The average molecular weight is 336 g/mol. The molecule has 25 heavy (non-hydrogen) atoms. The second kappa shape index (κ2) is 8.10. The molecule has 0 aliphatic rings. The Hall–Kier alpha value is -3.15. The molecular weight excluding hydrogens is 316 g/mol. The van der Waals surface area contributed by atoms with E-state index in [1.54, 1.807) is 12.3 Å². The van der Waals surface area contributed by atoms with E-state index in [4.69, 9.17) is 4.42 Å². The first-order valence-electron chi connectivity index (χ1n) is 8.25. The Kier molecular flexibility index (Phi) is 5.41. The average Bonchev–Trinajstić information content (AvgIpc) is 3.18. The topological polar surface area (TPSA) is 80.0 Å². The fourth-order valence-corrected chi connectivity index (χ4v) is 2.29. The lowest BCUT2D eigenvalue weighted by Gasteiger charge is -2.10. The second-order valence-corrected chi connectivity index (χ2v) is 5.52. The molecule has 1 aromatic carbocycles. The number of carbonyl (C=O) groups is 1. The summed E-state index contributed by atoms with van der Waals surface area (Å²) in [4.78, 5) is 21.3. The third-order valence-corrected chi connectivity index (χ3v) is 3.55. The highest BCUT2D eigenvalue weighted by Crippen LogP contribution is 2.18. The van der Waals surface area contributed by atoms with Gasteiger partial charge in [-0.3, -0.25) is 4.79 Å². The van der Waals surface area contributed by atoms with Gasteiger partial charge in [-0.15, -0.1) is 0 Å². The van der Waals surface area contributed by atoms with Crippen LogP contribution in [0.25, 0.3) is 11.4 Å². The van der Waals surface area contributed by atoms with Gasteiger partial charge in [0.05, 0.1) is 12.8 Å². The molecule has 0 radical (unpaired) electrons. The lowest BCUT2D eigenvalue weighted by atomic mass is 10.2. The van der Waals surface area contributed by atoms with E-state index in [1.807, 2.05) is 49.4 Å². The minimum atomic E-state index is -0.206. The predicted octanol–water partition coefficient (Wildman–Crippen LogP) is 3.49. The van der Waals surface area contributed by atoms with Gasteiger partial charge >= 0.3 is 0 Å². The van der Waals surface area contributed by atoms with Crippen LogP contribution in [-0.2, 0) is 6.54 Å². The SMILES string of the molecule is CCCNC(=O)c1cc(NCc2ccco2)nc(-c2ccccc2)n1. The maximum atomic E-state index is 12.3. The molecule has 6 heteroatoms. The van der Waals surface area contributed by atoms with Gasteiger partial charge in [-0.1, -0.05) is 37.3 Å². The Balaban J connectivity index is 1.88. The lowest BCUT2D eigenvalue weighted by Crippen LogP contribution is -2.25. The Bertz CT molecular complexity index is 817. The highest BCUT2D eigenvalue weighted by Gasteiger charge is 2.13. The highest BCUT2D eigenvalue weighted by atomic mass is 16.3. The summed E-state index contributed by atoms with van der Waals surface area (Å²) in [6.07, 6.45) is 2.49. The normalized spacial score (nSPS) is 10.4. The predicted molar refractivity (Wildman–Crippen MR) is 96.1 cm³/mol. The van der Waals surface area contributed by atoms with E-state index in [9.17, 15) is 4.79 Å². The molecule has 2 heterocycles. The van der Waals surface area contributed by atoms with Gasteiger partial charge in [-0.2, -0.15) is 0 Å². The molecule has 2 N–H and O–H groups in total. The minimum absolute atomic E-state index is 0.206. The van der Waals surface area contributed by atoms with Crippen molar-refractivity contribution in [3.63, 3.8) is 0 Å². The van der Waals surface area contributed by atoms with Crippen LogP contribution in [0.1, 0.15) is 29.6 Å². The number of rotatable bonds is 7. The minimum Gasteiger partial charge on any atom is -0.467 e. The van der Waals surface area contributed by atoms with Crippen molar-refractivity contribution in [1.29, 1.82) is 0 Å². The molecule has 1 amide bonds. The number of carbonyl (C=O) groups excluding carboxylic acids is 1. The Morgan fingerprint density at radius 2 is 1.96 bits per heavy atom. The van der Waals surface area contributed by atoms with Gasteiger partial charge in [0, 0.05) is 18.2 Å². The number of aromatic nitrogens is 2. The van der Waals surface area contributed by atoms with E-state index in [2.05, 4.69) is 20.6 Å². The van der Waals surface area contributed by atoms with Gasteiger partial charge in [0.2, 0.25) is 0 Å². The number of benzene rings is 1. The standard InChI is InChI=1S/C19H20N4O2/c1-2-10-20-19(24)16-12-17(21-13-15-9-6-11-25-15)23-18(22-16)14-7-4-3-5-8-14/h3-9,11-12H,2,10,13H2,1H3,(H,20,24)(H,21,22,23). The first kappa shape index (κ1) is 16.7. The molecule has 0 aliphatic heterocycles. The van der Waals surface area contributed by atoms with Crippen LogP contribution in [0.5, 0.6) is 0 Å². The van der Waals surface area contributed by atoms with Crippen molar-refractivity contribution < 1.29 is 9.21 Å². The van der Waals surface area contributed by atoms with Crippen molar-refractivity contribution in [3.05, 3.63) is 66.2 Å². The number of nitrogens with zero attached hydrogens (tertiary/aromatic N) is 2. The summed E-state index contributed by atoms with van der Waals surface area (Å²) in [5, 5.41) is 6.03. The second-order valence-electron chi connectivity index (χ2n) is 5.52. The van der Waals surface area contributed by atoms with Crippen LogP contribution < -0.4 is 10.6 Å². The zero-order valence-corrected chi connectivity index (χ0v) is 14.0. The van der Waals surface area contributed by atoms with Crippen LogP contribution in [-0.4, -0.2) is 22.4 Å². The van der Waals surface area contributed by atoms with Crippen molar-refractivity contribution in [2.45, 2.75) is 19.9 Å². The van der Waals surface area contributed by atoms with E-state index in [1.165, 1.54) is 0 Å². The molecule has 6 nitrogen and oxygen atoms in total. The molecule has 0 bridgehead atoms. The molecule has 0 spiro atoms. The van der Waals surface area contributed by atoms with E-state index in [-0.39, 0.29) is 5.91 Å². The van der Waals surface area contributed by atoms with Crippen LogP contribution in [0.4, 0.5) is 5.82 Å². The molecule has 0 saturated heterocycles. The monoisotopic (exact) mass is 336 g/mol. The zero-order chi connectivity index (χ0) is 17.5. The maximum absolute atomic E-state index is 12.3. The van der Waals surface area contributed by atoms with Gasteiger partial charge < -0.3 is 15.1 Å². The summed E-state index contributed by atoms with van der Waals surface area (Å²) in [5.74, 6) is 1.66. The van der Waals surface area contributed by atoms with Crippen molar-refractivity contribution >= 4 is 11.7 Å². The zero-order valence-electron chi connectivity index (χ0n) is 14.0. The van der Waals surface area contributed by atoms with E-state index >= 15 is 0 Å². The number of amides is 1. The number of furan rings is 1. The van der Waals surface area contributed by atoms with Gasteiger partial charge in [0.15, 0.2) is 5.82 Å². The number of hydrogen-bond donors (Lipinski definition) is 2. The van der Waals surface area contributed by atoms with Gasteiger partial charge in [-0.05, 0) is 18.6 Å². The summed E-state index contributed by atoms with van der Waals surface area (Å²) < 4.78 is 5.32. The molecule has 2 aromatic heterocycles. The Morgan fingerprint density at radius 1 is 1.12 bits per heavy atom. The quantitative estimate of drug-likeness (QED) is 0.690. The number of anilines is 1. The number of hydrogen-bond acceptors (Lipinski definition) is 5. The molecule has 3 aromatic rings. The van der Waals surface area contributed by atoms with Gasteiger partial charge in [0.1, 0.15) is 17.3 Å². The summed E-state index contributed by atoms with van der Waals surface area (Å²) >= 11 is 0. The fourth-order valence-electron chi connectivity index (χ4n) is 2.29. The molecule has 0 unspecified atom stereocenters. The Morgan fingerprint density at radius 3 is 2.68 bits per heavy atom. The van der Waals surface area contributed by atoms with Crippen molar-refractivity contribution in [2.75, 3.05) is 11.9 Å². The maximum Gasteiger partial charge on any atom is 0.270 e. The lowest BCUT2D eigenvalue weighted by molar-refractivity contribution is 0.0948. The van der Waals surface area contributed by atoms with Crippen molar-refractivity contribution in [2.24, 2.45) is 0 Å². The van der Waals surface area contributed by atoms with Crippen LogP contribution in [0.2, 0.25) is 0 Å². The molecule has 0 fully saturated rings. The summed E-state index contributed by atoms with van der Waals surface area (Å²) in [6, 6.07) is 14.9. The fraction of sp³-hybridized carbons (Fsp3) is 0.211. The van der Waals surface area contributed by atoms with E-state index in [0.717, 1.165) is 17.7 Å². The molecule has 0 atom stereocenters. The summed E-state index contributed by atoms with van der Waals surface area (Å²) in [5.41, 5.74) is 1.19. The number of nitrogens with one attached hydrogen (secondary N) is 2.